The molecular formula is C27H30N2O3. The van der Waals surface area contributed by atoms with Crippen molar-refractivity contribution in [3.63, 3.8) is 0 Å². The minimum absolute atomic E-state index is 0.0830. The van der Waals surface area contributed by atoms with Gasteiger partial charge >= 0.3 is 5.97 Å². The quantitative estimate of drug-likeness (QED) is 0.297. The first-order valence-corrected chi connectivity index (χ1v) is 10.6. The van der Waals surface area contributed by atoms with Crippen LogP contribution in [0.5, 0.6) is 0 Å². The summed E-state index contributed by atoms with van der Waals surface area (Å²) in [5.41, 5.74) is 4.21. The SMILES string of the molecule is CC(C)(C)c1ccc2c(ccc[n+]2[O-])c1.CC(C)(C)c1ccc2nc(C(=O)O)ccc2c1. The number of aromatic carboxylic acids is 1. The number of aromatic nitrogens is 2. The van der Waals surface area contributed by atoms with Crippen LogP contribution in [0.1, 0.15) is 63.2 Å². The summed E-state index contributed by atoms with van der Waals surface area (Å²) in [7, 11) is 0. The van der Waals surface area contributed by atoms with Gasteiger partial charge < -0.3 is 10.3 Å². The highest BCUT2D eigenvalue weighted by Gasteiger charge is 2.16. The lowest BCUT2D eigenvalue weighted by Gasteiger charge is -2.19. The number of carboxylic acid groups (broad SMARTS) is 1. The summed E-state index contributed by atoms with van der Waals surface area (Å²) in [4.78, 5) is 14.9. The average molecular weight is 431 g/mol. The smallest absolute Gasteiger partial charge is 0.354 e. The van der Waals surface area contributed by atoms with Crippen molar-refractivity contribution in [2.45, 2.75) is 52.4 Å². The van der Waals surface area contributed by atoms with E-state index in [9.17, 15) is 10.0 Å². The molecule has 0 atom stereocenters. The molecule has 0 unspecified atom stereocenters. The topological polar surface area (TPSA) is 77.1 Å². The van der Waals surface area contributed by atoms with Crippen molar-refractivity contribution in [1.82, 2.24) is 4.98 Å². The molecule has 2 aromatic carbocycles. The lowest BCUT2D eigenvalue weighted by molar-refractivity contribution is -0.577. The molecule has 166 valence electrons. The van der Waals surface area contributed by atoms with Gasteiger partial charge in [-0.25, -0.2) is 9.78 Å². The summed E-state index contributed by atoms with van der Waals surface area (Å²) in [6.07, 6.45) is 1.53. The fourth-order valence-electron chi connectivity index (χ4n) is 3.37. The highest BCUT2D eigenvalue weighted by atomic mass is 16.5. The third-order valence-corrected chi connectivity index (χ3v) is 5.40. The zero-order valence-electron chi connectivity index (χ0n) is 19.5. The second kappa shape index (κ2) is 8.58. The van der Waals surface area contributed by atoms with Gasteiger partial charge in [-0.1, -0.05) is 59.7 Å². The van der Waals surface area contributed by atoms with E-state index in [2.05, 4.69) is 58.7 Å². The molecule has 0 radical (unpaired) electrons. The zero-order valence-corrected chi connectivity index (χ0v) is 19.5. The lowest BCUT2D eigenvalue weighted by atomic mass is 9.86. The van der Waals surface area contributed by atoms with Crippen LogP contribution in [-0.2, 0) is 10.8 Å². The molecule has 2 heterocycles. The number of carboxylic acids is 1. The largest absolute Gasteiger partial charge is 0.618 e. The molecule has 0 spiro atoms. The number of carbonyl (C=O) groups is 1. The Kier molecular flexibility index (Phi) is 6.22. The minimum atomic E-state index is -0.994. The standard InChI is InChI=1S/C14H15NO2.C13H15NO/c1-14(2,3)10-5-7-11-9(8-10)4-6-12(15-11)13(16)17;1-13(2,3)11-6-7-12-10(9-11)5-4-8-14(12)15/h4-8H,1-3H3,(H,16,17);4-9H,1-3H3. The molecular weight excluding hydrogens is 400 g/mol. The molecule has 0 saturated carbocycles. The van der Waals surface area contributed by atoms with Gasteiger partial charge in [0.15, 0.2) is 6.20 Å². The summed E-state index contributed by atoms with van der Waals surface area (Å²) in [5.74, 6) is -0.994. The Labute approximate surface area is 188 Å². The van der Waals surface area contributed by atoms with E-state index in [0.717, 1.165) is 26.5 Å². The van der Waals surface area contributed by atoms with Gasteiger partial charge in [0, 0.05) is 22.9 Å². The third kappa shape index (κ3) is 5.22. The van der Waals surface area contributed by atoms with Crippen LogP contribution in [-0.4, -0.2) is 16.1 Å². The number of pyridine rings is 2. The molecule has 0 aliphatic rings. The molecule has 4 rings (SSSR count). The minimum Gasteiger partial charge on any atom is -0.618 e. The van der Waals surface area contributed by atoms with E-state index < -0.39 is 5.97 Å². The maximum atomic E-state index is 11.5. The van der Waals surface area contributed by atoms with Gasteiger partial charge in [-0.2, -0.15) is 4.73 Å². The Balaban J connectivity index is 0.000000182. The van der Waals surface area contributed by atoms with Crippen molar-refractivity contribution in [3.05, 3.63) is 88.9 Å². The maximum absolute atomic E-state index is 11.5. The van der Waals surface area contributed by atoms with E-state index in [-0.39, 0.29) is 16.5 Å². The maximum Gasteiger partial charge on any atom is 0.354 e. The summed E-state index contributed by atoms with van der Waals surface area (Å²) >= 11 is 0. The monoisotopic (exact) mass is 430 g/mol. The molecule has 2 aromatic heterocycles. The zero-order chi connectivity index (χ0) is 23.7. The Morgan fingerprint density at radius 3 is 2.03 bits per heavy atom. The van der Waals surface area contributed by atoms with E-state index in [4.69, 9.17) is 5.11 Å². The first-order valence-electron chi connectivity index (χ1n) is 10.6. The fraction of sp³-hybridized carbons (Fsp3) is 0.296. The number of hydrogen-bond acceptors (Lipinski definition) is 3. The van der Waals surface area contributed by atoms with E-state index in [1.54, 1.807) is 12.1 Å². The van der Waals surface area contributed by atoms with Gasteiger partial charge in [0.05, 0.1) is 5.52 Å². The first kappa shape index (κ1) is 23.2. The van der Waals surface area contributed by atoms with Crippen molar-refractivity contribution in [2.24, 2.45) is 0 Å². The predicted molar refractivity (Wildman–Crippen MR) is 129 cm³/mol. The number of hydrogen-bond donors (Lipinski definition) is 1. The van der Waals surface area contributed by atoms with Crippen molar-refractivity contribution in [2.75, 3.05) is 0 Å². The number of fused-ring (bicyclic) bond motifs is 2. The van der Waals surface area contributed by atoms with Gasteiger partial charge in [-0.3, -0.25) is 0 Å². The number of rotatable bonds is 1. The number of nitrogens with zero attached hydrogens (tertiary/aromatic N) is 2. The Morgan fingerprint density at radius 1 is 0.844 bits per heavy atom. The summed E-state index contributed by atoms with van der Waals surface area (Å²) < 4.78 is 0.905. The van der Waals surface area contributed by atoms with Crippen molar-refractivity contribution in [1.29, 1.82) is 0 Å². The molecule has 32 heavy (non-hydrogen) atoms. The molecule has 5 nitrogen and oxygen atoms in total. The Hall–Kier alpha value is -3.47. The van der Waals surface area contributed by atoms with Crippen LogP contribution in [0.15, 0.2) is 66.9 Å². The molecule has 5 heteroatoms. The van der Waals surface area contributed by atoms with Crippen LogP contribution in [0.2, 0.25) is 0 Å². The van der Waals surface area contributed by atoms with Gasteiger partial charge in [0.2, 0.25) is 5.52 Å². The second-order valence-corrected chi connectivity index (χ2v) is 10.0. The molecule has 4 aromatic rings. The second-order valence-electron chi connectivity index (χ2n) is 10.0. The highest BCUT2D eigenvalue weighted by molar-refractivity contribution is 5.90. The van der Waals surface area contributed by atoms with Gasteiger partial charge in [-0.15, -0.1) is 0 Å². The van der Waals surface area contributed by atoms with Crippen molar-refractivity contribution >= 4 is 27.8 Å². The normalized spacial score (nSPS) is 11.8. The molecule has 0 amide bonds. The van der Waals surface area contributed by atoms with Gasteiger partial charge in [-0.05, 0) is 52.3 Å². The van der Waals surface area contributed by atoms with Crippen LogP contribution in [0.25, 0.3) is 21.8 Å². The van der Waals surface area contributed by atoms with E-state index >= 15 is 0 Å². The molecule has 0 bridgehead atoms. The van der Waals surface area contributed by atoms with Crippen LogP contribution in [0, 0.1) is 5.21 Å². The molecule has 1 N–H and O–H groups in total. The summed E-state index contributed by atoms with van der Waals surface area (Å²) in [6.45, 7) is 12.9. The first-order chi connectivity index (χ1) is 14.9. The predicted octanol–water partition coefficient (Wildman–Crippen LogP) is 6.00. The summed E-state index contributed by atoms with van der Waals surface area (Å²) in [6, 6.07) is 19.0. The van der Waals surface area contributed by atoms with E-state index in [1.165, 1.54) is 23.4 Å². The van der Waals surface area contributed by atoms with E-state index in [0.29, 0.717) is 0 Å². The molecule has 0 aliphatic heterocycles. The van der Waals surface area contributed by atoms with Gasteiger partial charge in [0.25, 0.3) is 0 Å². The Bertz CT molecular complexity index is 1280. The molecule has 0 saturated heterocycles. The summed E-state index contributed by atoms with van der Waals surface area (Å²) in [5, 5.41) is 22.3. The molecule has 0 fully saturated rings. The van der Waals surface area contributed by atoms with E-state index in [1.807, 2.05) is 30.3 Å². The van der Waals surface area contributed by atoms with Gasteiger partial charge in [0.1, 0.15) is 5.69 Å². The van der Waals surface area contributed by atoms with Crippen molar-refractivity contribution < 1.29 is 14.6 Å². The van der Waals surface area contributed by atoms with Crippen LogP contribution in [0.3, 0.4) is 0 Å². The van der Waals surface area contributed by atoms with Crippen molar-refractivity contribution in [3.8, 4) is 0 Å². The lowest BCUT2D eigenvalue weighted by Crippen LogP contribution is -2.26. The Morgan fingerprint density at radius 2 is 1.44 bits per heavy atom. The highest BCUT2D eigenvalue weighted by Crippen LogP contribution is 2.26. The third-order valence-electron chi connectivity index (χ3n) is 5.40. The average Bonchev–Trinajstić information content (AvgIpc) is 2.72. The van der Waals surface area contributed by atoms with Crippen LogP contribution >= 0.6 is 0 Å². The molecule has 0 aliphatic carbocycles. The fourth-order valence-corrected chi connectivity index (χ4v) is 3.37. The number of benzene rings is 2. The van der Waals surface area contributed by atoms with Crippen LogP contribution < -0.4 is 4.73 Å². The van der Waals surface area contributed by atoms with Crippen LogP contribution in [0.4, 0.5) is 0 Å².